The molecule has 1 aromatic heterocycles. The summed E-state index contributed by atoms with van der Waals surface area (Å²) in [4.78, 5) is 24.5. The van der Waals surface area contributed by atoms with Crippen LogP contribution in [0.25, 0.3) is 11.1 Å². The second-order valence-corrected chi connectivity index (χ2v) is 9.77. The monoisotopic (exact) mass is 515 g/mol. The van der Waals surface area contributed by atoms with E-state index in [1.54, 1.807) is 6.92 Å². The number of Topliss-reactive ketones (excluding diaryl/α,β-unsaturated/α-hetero) is 1. The van der Waals surface area contributed by atoms with Crippen LogP contribution in [-0.4, -0.2) is 28.0 Å². The summed E-state index contributed by atoms with van der Waals surface area (Å²) in [6.07, 6.45) is 4.47. The van der Waals surface area contributed by atoms with Gasteiger partial charge in [0.2, 0.25) is 0 Å². The average Bonchev–Trinajstić information content (AvgIpc) is 3.11. The maximum absolute atomic E-state index is 13.4. The van der Waals surface area contributed by atoms with Gasteiger partial charge in [-0.2, -0.15) is 0 Å². The zero-order chi connectivity index (χ0) is 25.4. The zero-order valence-corrected chi connectivity index (χ0v) is 21.6. The number of aromatic nitrogens is 1. The van der Waals surface area contributed by atoms with Crippen molar-refractivity contribution in [2.75, 3.05) is 6.61 Å². The molecule has 0 radical (unpaired) electrons. The first kappa shape index (κ1) is 27.0. The van der Waals surface area contributed by atoms with Gasteiger partial charge in [-0.3, -0.25) is 9.59 Å². The van der Waals surface area contributed by atoms with Crippen LogP contribution in [0, 0.1) is 5.92 Å². The van der Waals surface area contributed by atoms with Gasteiger partial charge in [0, 0.05) is 65.1 Å². The fourth-order valence-electron chi connectivity index (χ4n) is 4.27. The van der Waals surface area contributed by atoms with E-state index in [0.717, 1.165) is 35.2 Å². The van der Waals surface area contributed by atoms with E-state index in [-0.39, 0.29) is 24.5 Å². The smallest absolute Gasteiger partial charge is 0.303 e. The molecule has 0 unspecified atom stereocenters. The molecular weight excluding hydrogens is 485 g/mol. The van der Waals surface area contributed by atoms with Crippen LogP contribution in [-0.2, 0) is 29.6 Å². The number of unbranched alkanes of at least 4 members (excludes halogenated alkanes) is 1. The maximum Gasteiger partial charge on any atom is 0.303 e. The average molecular weight is 516 g/mol. The summed E-state index contributed by atoms with van der Waals surface area (Å²) >= 11 is 12.5. The third kappa shape index (κ3) is 7.69. The first-order valence-corrected chi connectivity index (χ1v) is 12.5. The summed E-state index contributed by atoms with van der Waals surface area (Å²) in [5.74, 6) is -1.21. The highest BCUT2D eigenvalue weighted by molar-refractivity contribution is 6.33. The normalized spacial score (nSPS) is 12.0. The molecule has 0 aliphatic rings. The van der Waals surface area contributed by atoms with E-state index in [2.05, 4.69) is 0 Å². The SMILES string of the molecule is C[C@H](CC(=O)O)CC(=O)c1c(-c2ccccc2Cl)cn(C)c1CCCCOCc1cccc(Cl)c1. The summed E-state index contributed by atoms with van der Waals surface area (Å²) < 4.78 is 7.78. The number of carboxylic acid groups (broad SMARTS) is 1. The fraction of sp³-hybridized carbons (Fsp3) is 0.357. The van der Waals surface area contributed by atoms with Crippen LogP contribution in [0.1, 0.15) is 54.2 Å². The Balaban J connectivity index is 1.71. The number of aryl methyl sites for hydroxylation is 1. The summed E-state index contributed by atoms with van der Waals surface area (Å²) in [6, 6.07) is 15.1. The molecule has 0 fully saturated rings. The molecule has 0 saturated carbocycles. The van der Waals surface area contributed by atoms with Gasteiger partial charge in [-0.15, -0.1) is 0 Å². The van der Waals surface area contributed by atoms with Crippen LogP contribution in [0.2, 0.25) is 10.0 Å². The minimum atomic E-state index is -0.900. The number of halogens is 2. The zero-order valence-electron chi connectivity index (χ0n) is 20.1. The van der Waals surface area contributed by atoms with E-state index >= 15 is 0 Å². The molecule has 3 aromatic rings. The Labute approximate surface area is 216 Å². The third-order valence-corrected chi connectivity index (χ3v) is 6.48. The molecule has 1 atom stereocenters. The lowest BCUT2D eigenvalue weighted by atomic mass is 9.92. The van der Waals surface area contributed by atoms with Crippen molar-refractivity contribution in [1.82, 2.24) is 4.57 Å². The first-order valence-electron chi connectivity index (χ1n) is 11.8. The van der Waals surface area contributed by atoms with Crippen molar-refractivity contribution >= 4 is 35.0 Å². The van der Waals surface area contributed by atoms with Crippen LogP contribution in [0.4, 0.5) is 0 Å². The van der Waals surface area contributed by atoms with Gasteiger partial charge in [0.15, 0.2) is 5.78 Å². The number of ether oxygens (including phenoxy) is 1. The van der Waals surface area contributed by atoms with E-state index in [1.807, 2.05) is 66.3 Å². The Hall–Kier alpha value is -2.60. The number of hydrogen-bond acceptors (Lipinski definition) is 3. The van der Waals surface area contributed by atoms with Gasteiger partial charge in [-0.1, -0.05) is 60.5 Å². The highest BCUT2D eigenvalue weighted by atomic mass is 35.5. The van der Waals surface area contributed by atoms with Gasteiger partial charge < -0.3 is 14.4 Å². The van der Waals surface area contributed by atoms with Crippen molar-refractivity contribution < 1.29 is 19.4 Å². The van der Waals surface area contributed by atoms with Crippen molar-refractivity contribution in [3.8, 4) is 11.1 Å². The minimum Gasteiger partial charge on any atom is -0.481 e. The fourth-order valence-corrected chi connectivity index (χ4v) is 4.72. The van der Waals surface area contributed by atoms with Crippen molar-refractivity contribution in [3.63, 3.8) is 0 Å². The topological polar surface area (TPSA) is 68.5 Å². The summed E-state index contributed by atoms with van der Waals surface area (Å²) in [6.45, 7) is 2.90. The quantitative estimate of drug-likeness (QED) is 0.192. The molecule has 35 heavy (non-hydrogen) atoms. The lowest BCUT2D eigenvalue weighted by molar-refractivity contribution is -0.137. The van der Waals surface area contributed by atoms with Crippen LogP contribution in [0.3, 0.4) is 0 Å². The Kier molecular flexibility index (Phi) is 9.96. The lowest BCUT2D eigenvalue weighted by Crippen LogP contribution is -2.13. The van der Waals surface area contributed by atoms with Gasteiger partial charge in [0.25, 0.3) is 0 Å². The number of nitrogens with zero attached hydrogens (tertiary/aromatic N) is 1. The van der Waals surface area contributed by atoms with E-state index in [1.165, 1.54) is 0 Å². The van der Waals surface area contributed by atoms with Gasteiger partial charge >= 0.3 is 5.97 Å². The Bertz CT molecular complexity index is 1170. The largest absolute Gasteiger partial charge is 0.481 e. The third-order valence-electron chi connectivity index (χ3n) is 5.92. The summed E-state index contributed by atoms with van der Waals surface area (Å²) in [7, 11) is 1.93. The maximum atomic E-state index is 13.4. The predicted molar refractivity (Wildman–Crippen MR) is 140 cm³/mol. The molecular formula is C28H31Cl2NO4. The highest BCUT2D eigenvalue weighted by Gasteiger charge is 2.24. The number of rotatable bonds is 13. The number of aliphatic carboxylic acids is 1. The summed E-state index contributed by atoms with van der Waals surface area (Å²) in [5.41, 5.74) is 4.19. The molecule has 0 spiro atoms. The van der Waals surface area contributed by atoms with E-state index in [0.29, 0.717) is 35.2 Å². The number of hydrogen-bond donors (Lipinski definition) is 1. The summed E-state index contributed by atoms with van der Waals surface area (Å²) in [5, 5.41) is 10.4. The van der Waals surface area contributed by atoms with Gasteiger partial charge in [-0.25, -0.2) is 0 Å². The molecule has 1 heterocycles. The molecule has 2 aromatic carbocycles. The molecule has 186 valence electrons. The number of carbonyl (C=O) groups is 2. The molecule has 0 aliphatic carbocycles. The van der Waals surface area contributed by atoms with E-state index < -0.39 is 5.97 Å². The first-order chi connectivity index (χ1) is 16.8. The second-order valence-electron chi connectivity index (χ2n) is 8.93. The van der Waals surface area contributed by atoms with Crippen molar-refractivity contribution in [2.24, 2.45) is 13.0 Å². The second kappa shape index (κ2) is 12.9. The lowest BCUT2D eigenvalue weighted by Gasteiger charge is -2.12. The Morgan fingerprint density at radius 3 is 2.51 bits per heavy atom. The molecule has 1 N–H and O–H groups in total. The standard InChI is InChI=1S/C28H31Cl2NO4/c1-19(15-27(33)34)14-26(32)28-23(22-10-3-4-11-24(22)30)17-31(2)25(28)12-5-6-13-35-18-20-8-7-9-21(29)16-20/h3-4,7-11,16-17,19H,5-6,12-15,18H2,1-2H3,(H,33,34)/t19-/m0/s1. The van der Waals surface area contributed by atoms with E-state index in [9.17, 15) is 9.59 Å². The van der Waals surface area contributed by atoms with Crippen LogP contribution in [0.15, 0.2) is 54.7 Å². The number of carbonyl (C=O) groups excluding carboxylic acids is 1. The van der Waals surface area contributed by atoms with Crippen molar-refractivity contribution in [1.29, 1.82) is 0 Å². The molecule has 3 rings (SSSR count). The number of ketones is 1. The van der Waals surface area contributed by atoms with Crippen molar-refractivity contribution in [2.45, 2.75) is 45.6 Å². The number of benzene rings is 2. The van der Waals surface area contributed by atoms with E-state index in [4.69, 9.17) is 33.0 Å². The van der Waals surface area contributed by atoms with Gasteiger partial charge in [-0.05, 0) is 48.9 Å². The molecule has 0 amide bonds. The predicted octanol–water partition coefficient (Wildman–Crippen LogP) is 7.22. The van der Waals surface area contributed by atoms with Crippen LogP contribution >= 0.6 is 23.2 Å². The Morgan fingerprint density at radius 1 is 1.03 bits per heavy atom. The molecule has 0 saturated heterocycles. The Morgan fingerprint density at radius 2 is 1.80 bits per heavy atom. The van der Waals surface area contributed by atoms with Crippen LogP contribution < -0.4 is 0 Å². The molecule has 0 bridgehead atoms. The molecule has 0 aliphatic heterocycles. The molecule has 5 nitrogen and oxygen atoms in total. The van der Waals surface area contributed by atoms with Gasteiger partial charge in [0.05, 0.1) is 6.61 Å². The highest BCUT2D eigenvalue weighted by Crippen LogP contribution is 2.35. The molecule has 7 heteroatoms. The van der Waals surface area contributed by atoms with Crippen molar-refractivity contribution in [3.05, 3.63) is 81.6 Å². The van der Waals surface area contributed by atoms with Crippen LogP contribution in [0.5, 0.6) is 0 Å². The van der Waals surface area contributed by atoms with Gasteiger partial charge in [0.1, 0.15) is 0 Å². The minimum absolute atomic E-state index is 0.0424. The number of carboxylic acids is 1.